The van der Waals surface area contributed by atoms with Crippen LogP contribution in [-0.2, 0) is 57.3 Å². The number of rotatable bonds is 37. The molecule has 0 radical (unpaired) electrons. The Hall–Kier alpha value is -3.92. The van der Waals surface area contributed by atoms with E-state index in [4.69, 9.17) is 18.9 Å². The van der Waals surface area contributed by atoms with Crippen molar-refractivity contribution >= 4 is 47.3 Å². The lowest BCUT2D eigenvalue weighted by atomic mass is 9.82. The summed E-state index contributed by atoms with van der Waals surface area (Å²) >= 11 is 0. The van der Waals surface area contributed by atoms with Crippen LogP contribution in [0.4, 0.5) is 0 Å². The van der Waals surface area contributed by atoms with Crippen molar-refractivity contribution in [2.24, 2.45) is 35.5 Å². The third-order valence-corrected chi connectivity index (χ3v) is 10.5. The van der Waals surface area contributed by atoms with Crippen LogP contribution in [-0.4, -0.2) is 112 Å². The maximum atomic E-state index is 14.0. The summed E-state index contributed by atoms with van der Waals surface area (Å²) in [4.78, 5) is 104. The highest BCUT2D eigenvalue weighted by molar-refractivity contribution is 5.96. The molecule has 0 saturated heterocycles. The molecule has 0 rings (SSSR count). The molecule has 4 N–H and O–H groups in total. The fourth-order valence-corrected chi connectivity index (χ4v) is 7.20. The summed E-state index contributed by atoms with van der Waals surface area (Å²) in [6, 6.07) is -2.84. The van der Waals surface area contributed by atoms with Gasteiger partial charge in [-0.1, -0.05) is 55.4 Å². The number of carbonyl (C=O) groups excluding carboxylic acids is 8. The molecule has 16 heteroatoms. The van der Waals surface area contributed by atoms with Crippen LogP contribution < -0.4 is 21.3 Å². The Bertz CT molecular complexity index is 1310. The first-order valence-corrected chi connectivity index (χ1v) is 23.7. The number of ketones is 2. The zero-order valence-electron chi connectivity index (χ0n) is 41.4. The maximum absolute atomic E-state index is 14.0. The molecule has 0 aliphatic rings. The molecule has 16 nitrogen and oxygen atoms in total. The molecule has 370 valence electrons. The standard InChI is InChI=1S/C48H86N4O12/c1-31(2)25-39(49-11)45(57)61-21-17-13-15-19-23-63-47(59)41(27-33(5)6)51-43(55)37(29-35(9)53)38(30-36(10)54)44(56)52-42(28-34(7)8)48(60)64-24-20-16-14-18-22-62-46(58)40(50-12)26-32(3)4/h31-34,37-42,49-50H,13-30H2,1-12H3,(H,51,55)(H,52,56). The number of nitrogens with one attached hydrogen (secondary N) is 4. The number of esters is 4. The van der Waals surface area contributed by atoms with E-state index in [9.17, 15) is 38.4 Å². The molecule has 0 fully saturated rings. The van der Waals surface area contributed by atoms with Crippen molar-refractivity contribution < 1.29 is 57.3 Å². The van der Waals surface area contributed by atoms with Crippen molar-refractivity contribution in [2.45, 2.75) is 183 Å². The van der Waals surface area contributed by atoms with Crippen molar-refractivity contribution in [3.8, 4) is 0 Å². The molecule has 2 amide bonds. The summed E-state index contributed by atoms with van der Waals surface area (Å²) < 4.78 is 21.9. The number of ether oxygens (including phenoxy) is 4. The Balaban J connectivity index is 5.51. The SMILES string of the molecule is CNC(CC(C)C)C(=O)OCCCCCCOC(=O)C(CC(C)C)NC(=O)C(CC(C)=O)C(CC(C)=O)C(=O)NC(CC(C)C)C(=O)OCCCCCCOC(=O)C(CC(C)C)NC. The van der Waals surface area contributed by atoms with Crippen molar-refractivity contribution in [3.63, 3.8) is 0 Å². The van der Waals surface area contributed by atoms with Crippen LogP contribution >= 0.6 is 0 Å². The van der Waals surface area contributed by atoms with Crippen LogP contribution in [0, 0.1) is 35.5 Å². The van der Waals surface area contributed by atoms with Gasteiger partial charge in [0.25, 0.3) is 0 Å². The van der Waals surface area contributed by atoms with Gasteiger partial charge in [0.15, 0.2) is 0 Å². The van der Waals surface area contributed by atoms with Gasteiger partial charge in [0.05, 0.1) is 38.3 Å². The Morgan fingerprint density at radius 3 is 0.828 bits per heavy atom. The van der Waals surface area contributed by atoms with E-state index in [0.717, 1.165) is 25.7 Å². The van der Waals surface area contributed by atoms with Gasteiger partial charge >= 0.3 is 23.9 Å². The van der Waals surface area contributed by atoms with E-state index in [-0.39, 0.29) is 74.8 Å². The predicted octanol–water partition coefficient (Wildman–Crippen LogP) is 5.80. The smallest absolute Gasteiger partial charge is 0.328 e. The maximum Gasteiger partial charge on any atom is 0.328 e. The van der Waals surface area contributed by atoms with Crippen molar-refractivity contribution in [2.75, 3.05) is 40.5 Å². The molecule has 0 aliphatic carbocycles. The van der Waals surface area contributed by atoms with E-state index in [0.29, 0.717) is 63.6 Å². The van der Waals surface area contributed by atoms with E-state index in [1.807, 2.05) is 55.4 Å². The summed E-state index contributed by atoms with van der Waals surface area (Å²) in [6.45, 7) is 19.0. The average Bonchev–Trinajstić information content (AvgIpc) is 3.20. The topological polar surface area (TPSA) is 222 Å². The summed E-state index contributed by atoms with van der Waals surface area (Å²) in [5.41, 5.74) is 0. The molecule has 0 bridgehead atoms. The summed E-state index contributed by atoms with van der Waals surface area (Å²) in [6.07, 6.45) is 6.44. The molecule has 0 aromatic heterocycles. The van der Waals surface area contributed by atoms with Gasteiger partial charge in [0, 0.05) is 12.8 Å². The van der Waals surface area contributed by atoms with E-state index in [1.54, 1.807) is 14.1 Å². The second kappa shape index (κ2) is 34.4. The van der Waals surface area contributed by atoms with Crippen molar-refractivity contribution in [1.29, 1.82) is 0 Å². The van der Waals surface area contributed by atoms with Crippen LogP contribution in [0.15, 0.2) is 0 Å². The minimum absolute atomic E-state index is 0.0375. The Morgan fingerprint density at radius 2 is 0.609 bits per heavy atom. The van der Waals surface area contributed by atoms with Crippen LogP contribution in [0.5, 0.6) is 0 Å². The molecular weight excluding hydrogens is 825 g/mol. The molecule has 64 heavy (non-hydrogen) atoms. The van der Waals surface area contributed by atoms with E-state index >= 15 is 0 Å². The van der Waals surface area contributed by atoms with Crippen LogP contribution in [0.3, 0.4) is 0 Å². The molecule has 0 aliphatic heterocycles. The number of carbonyl (C=O) groups is 8. The minimum atomic E-state index is -1.32. The highest BCUT2D eigenvalue weighted by atomic mass is 16.5. The Labute approximate surface area is 384 Å². The number of unbranched alkanes of at least 4 members (excludes halogenated alkanes) is 6. The molecule has 0 heterocycles. The van der Waals surface area contributed by atoms with Gasteiger partial charge in [0.1, 0.15) is 35.7 Å². The highest BCUT2D eigenvalue weighted by Gasteiger charge is 2.39. The van der Waals surface area contributed by atoms with Gasteiger partial charge in [-0.3, -0.25) is 19.2 Å². The van der Waals surface area contributed by atoms with Gasteiger partial charge in [-0.25, -0.2) is 9.59 Å². The monoisotopic (exact) mass is 911 g/mol. The van der Waals surface area contributed by atoms with Gasteiger partial charge in [-0.15, -0.1) is 0 Å². The number of hydrogen-bond donors (Lipinski definition) is 4. The number of likely N-dealkylation sites (N-methyl/N-ethyl adjacent to an activating group) is 2. The Kier molecular flexibility index (Phi) is 32.3. The lowest BCUT2D eigenvalue weighted by molar-refractivity contribution is -0.151. The van der Waals surface area contributed by atoms with Gasteiger partial charge in [0.2, 0.25) is 11.8 Å². The van der Waals surface area contributed by atoms with Gasteiger partial charge in [-0.05, 0) is 129 Å². The fraction of sp³-hybridized carbons (Fsp3) is 0.833. The van der Waals surface area contributed by atoms with Gasteiger partial charge < -0.3 is 49.8 Å². The van der Waals surface area contributed by atoms with Crippen LogP contribution in [0.25, 0.3) is 0 Å². The molecule has 0 saturated carbocycles. The Morgan fingerprint density at radius 1 is 0.375 bits per heavy atom. The van der Waals surface area contributed by atoms with Crippen molar-refractivity contribution in [3.05, 3.63) is 0 Å². The predicted molar refractivity (Wildman–Crippen MR) is 246 cm³/mol. The zero-order valence-corrected chi connectivity index (χ0v) is 41.4. The fourth-order valence-electron chi connectivity index (χ4n) is 7.20. The number of hydrogen-bond acceptors (Lipinski definition) is 14. The van der Waals surface area contributed by atoms with E-state index in [1.165, 1.54) is 13.8 Å². The molecule has 0 aromatic rings. The zero-order chi connectivity index (χ0) is 48.8. The summed E-state index contributed by atoms with van der Waals surface area (Å²) in [5.74, 6) is -6.18. The van der Waals surface area contributed by atoms with Gasteiger partial charge in [-0.2, -0.15) is 0 Å². The molecule has 6 unspecified atom stereocenters. The first-order chi connectivity index (χ1) is 30.1. The van der Waals surface area contributed by atoms with Crippen molar-refractivity contribution in [1.82, 2.24) is 21.3 Å². The highest BCUT2D eigenvalue weighted by Crippen LogP contribution is 2.24. The second-order valence-electron chi connectivity index (χ2n) is 18.8. The van der Waals surface area contributed by atoms with Crippen LogP contribution in [0.1, 0.15) is 159 Å². The summed E-state index contributed by atoms with van der Waals surface area (Å²) in [5, 5.41) is 11.4. The van der Waals surface area contributed by atoms with E-state index in [2.05, 4.69) is 21.3 Å². The largest absolute Gasteiger partial charge is 0.465 e. The number of amides is 2. The second-order valence-corrected chi connectivity index (χ2v) is 18.8. The first-order valence-electron chi connectivity index (χ1n) is 23.7. The lowest BCUT2D eigenvalue weighted by Gasteiger charge is -2.28. The third kappa shape index (κ3) is 28.1. The number of Topliss-reactive ketones (excluding diaryl/α,β-unsaturated/α-hetero) is 2. The third-order valence-electron chi connectivity index (χ3n) is 10.5. The molecule has 0 spiro atoms. The van der Waals surface area contributed by atoms with E-state index < -0.39 is 59.2 Å². The first kappa shape index (κ1) is 60.1. The average molecular weight is 911 g/mol. The lowest BCUT2D eigenvalue weighted by Crippen LogP contribution is -2.51. The minimum Gasteiger partial charge on any atom is -0.465 e. The molecular formula is C48H86N4O12. The molecule has 0 aromatic carbocycles. The summed E-state index contributed by atoms with van der Waals surface area (Å²) in [7, 11) is 3.47. The quantitative estimate of drug-likeness (QED) is 0.0329. The van der Waals surface area contributed by atoms with Crippen LogP contribution in [0.2, 0.25) is 0 Å². The normalized spacial score (nSPS) is 14.3. The molecule has 6 atom stereocenters.